The quantitative estimate of drug-likeness (QED) is 0.173. The van der Waals surface area contributed by atoms with Crippen LogP contribution in [0.1, 0.15) is 142 Å². The molecule has 7 aromatic rings. The van der Waals surface area contributed by atoms with Gasteiger partial charge in [0.25, 0.3) is 0 Å². The lowest BCUT2D eigenvalue weighted by atomic mass is 9.66. The average Bonchev–Trinajstić information content (AvgIpc) is 3.60. The zero-order chi connectivity index (χ0) is 48.7. The first-order valence-electron chi connectivity index (χ1n) is 24.5. The van der Waals surface area contributed by atoms with Crippen molar-refractivity contribution in [2.75, 3.05) is 9.80 Å². The number of hydrogen-bond acceptors (Lipinski definition) is 5. The lowest BCUT2D eigenvalue weighted by Crippen LogP contribution is -2.49. The molecule has 0 amide bonds. The number of rotatable bonds is 5. The average molecular weight is 897 g/mol. The van der Waals surface area contributed by atoms with Gasteiger partial charge in [-0.2, -0.15) is 0 Å². The Morgan fingerprint density at radius 2 is 1.19 bits per heavy atom. The number of nitrogens with zero attached hydrogens (tertiary/aromatic N) is 4. The number of amidine groups is 1. The normalized spacial score (nSPS) is 17.8. The van der Waals surface area contributed by atoms with Gasteiger partial charge >= 0.3 is 0 Å². The van der Waals surface area contributed by atoms with Gasteiger partial charge in [0, 0.05) is 28.9 Å². The molecule has 10 rings (SSSR count). The van der Waals surface area contributed by atoms with Gasteiger partial charge < -0.3 is 9.64 Å². The van der Waals surface area contributed by atoms with Crippen molar-refractivity contribution >= 4 is 28.7 Å². The molecule has 0 radical (unpaired) electrons. The van der Waals surface area contributed by atoms with E-state index in [1.807, 2.05) is 6.20 Å². The molecule has 0 saturated heterocycles. The molecule has 5 heteroatoms. The third-order valence-electron chi connectivity index (χ3n) is 16.5. The van der Waals surface area contributed by atoms with E-state index in [2.05, 4.69) is 218 Å². The summed E-state index contributed by atoms with van der Waals surface area (Å²) in [7, 11) is 0. The highest BCUT2D eigenvalue weighted by Crippen LogP contribution is 2.61. The number of aliphatic imine (C=N–C) groups is 1. The molecular formula is C63H68N4O. The number of benzene rings is 6. The van der Waals surface area contributed by atoms with Gasteiger partial charge in [-0.25, -0.2) is 4.98 Å². The maximum atomic E-state index is 7.10. The summed E-state index contributed by atoms with van der Waals surface area (Å²) in [6, 6.07) is 33.5. The predicted octanol–water partition coefficient (Wildman–Crippen LogP) is 16.6. The zero-order valence-electron chi connectivity index (χ0n) is 43.5. The number of ether oxygens (including phenoxy) is 1. The van der Waals surface area contributed by atoms with Gasteiger partial charge in [0.2, 0.25) is 0 Å². The van der Waals surface area contributed by atoms with Crippen molar-refractivity contribution in [3.63, 3.8) is 0 Å². The first-order valence-corrected chi connectivity index (χ1v) is 24.5. The third kappa shape index (κ3) is 6.62. The number of anilines is 4. The maximum Gasteiger partial charge on any atom is 0.137 e. The Bertz CT molecular complexity index is 3300. The van der Waals surface area contributed by atoms with E-state index in [1.165, 1.54) is 100 Å². The summed E-state index contributed by atoms with van der Waals surface area (Å²) in [5, 5.41) is 0. The fourth-order valence-corrected chi connectivity index (χ4v) is 11.9. The molecule has 3 heterocycles. The second kappa shape index (κ2) is 15.5. The number of aromatic nitrogens is 1. The predicted molar refractivity (Wildman–Crippen MR) is 286 cm³/mol. The molecule has 346 valence electrons. The minimum Gasteiger partial charge on any atom is -0.457 e. The molecule has 1 aliphatic carbocycles. The lowest BCUT2D eigenvalue weighted by Gasteiger charge is -2.47. The molecule has 0 saturated carbocycles. The molecule has 3 aliphatic rings. The van der Waals surface area contributed by atoms with E-state index in [0.29, 0.717) is 0 Å². The smallest absolute Gasteiger partial charge is 0.137 e. The van der Waals surface area contributed by atoms with Crippen LogP contribution in [0.3, 0.4) is 0 Å². The van der Waals surface area contributed by atoms with Gasteiger partial charge in [0.05, 0.1) is 16.9 Å². The molecule has 68 heavy (non-hydrogen) atoms. The Morgan fingerprint density at radius 1 is 0.559 bits per heavy atom. The van der Waals surface area contributed by atoms with Crippen LogP contribution in [-0.2, 0) is 16.4 Å². The summed E-state index contributed by atoms with van der Waals surface area (Å²) in [6.07, 6.45) is 1.95. The summed E-state index contributed by atoms with van der Waals surface area (Å²) >= 11 is 0. The highest BCUT2D eigenvalue weighted by atomic mass is 16.5. The number of hydrogen-bond donors (Lipinski definition) is 0. The van der Waals surface area contributed by atoms with Gasteiger partial charge in [0.15, 0.2) is 0 Å². The van der Waals surface area contributed by atoms with E-state index in [9.17, 15) is 0 Å². The number of aryl methyl sites for hydroxylation is 5. The van der Waals surface area contributed by atoms with Crippen LogP contribution in [0, 0.1) is 76.2 Å². The Balaban J connectivity index is 1.16. The first kappa shape index (κ1) is 45.3. The Morgan fingerprint density at radius 3 is 1.88 bits per heavy atom. The van der Waals surface area contributed by atoms with Crippen LogP contribution in [0.4, 0.5) is 22.9 Å². The Labute approximate surface area is 406 Å². The number of para-hydroxylation sites is 1. The monoisotopic (exact) mass is 897 g/mol. The van der Waals surface area contributed by atoms with Crippen LogP contribution in [0.5, 0.6) is 11.5 Å². The van der Waals surface area contributed by atoms with Gasteiger partial charge in [-0.3, -0.25) is 9.89 Å². The van der Waals surface area contributed by atoms with Crippen LogP contribution in [0.2, 0.25) is 0 Å². The third-order valence-corrected chi connectivity index (χ3v) is 16.5. The van der Waals surface area contributed by atoms with Crippen LogP contribution in [0.15, 0.2) is 102 Å². The molecule has 6 aromatic carbocycles. The van der Waals surface area contributed by atoms with Crippen molar-refractivity contribution in [3.8, 4) is 22.6 Å². The molecule has 0 fully saturated rings. The number of fused-ring (bicyclic) bond motifs is 8. The molecular weight excluding hydrogens is 829 g/mol. The second-order valence-corrected chi connectivity index (χ2v) is 22.2. The van der Waals surface area contributed by atoms with Crippen molar-refractivity contribution in [2.24, 2.45) is 4.99 Å². The SMILES string of the molecule is Cc1cc(Oc2ccc3c(c2)N(c2cc(C(C)(C)C)ccn2)c2ccccc2C3(C)C)cc(C2=N[C@@H]3c4cc(C)c(C)c(C)c4-c4c(cc(C)c(C)c4C)[C@]3(C)N2c2c(C)c(C)cc(C)c2C)c1. The van der Waals surface area contributed by atoms with E-state index in [-0.39, 0.29) is 16.9 Å². The second-order valence-electron chi connectivity index (χ2n) is 22.2. The summed E-state index contributed by atoms with van der Waals surface area (Å²) in [6.45, 7) is 38.9. The van der Waals surface area contributed by atoms with Crippen molar-refractivity contribution in [2.45, 2.75) is 140 Å². The van der Waals surface area contributed by atoms with Crippen LogP contribution >= 0.6 is 0 Å². The van der Waals surface area contributed by atoms with Gasteiger partial charge in [-0.1, -0.05) is 77.1 Å². The van der Waals surface area contributed by atoms with E-state index < -0.39 is 5.54 Å². The van der Waals surface area contributed by atoms with Crippen LogP contribution < -0.4 is 14.5 Å². The van der Waals surface area contributed by atoms with Crippen LogP contribution in [-0.4, -0.2) is 10.8 Å². The zero-order valence-corrected chi connectivity index (χ0v) is 43.5. The van der Waals surface area contributed by atoms with Gasteiger partial charge in [-0.15, -0.1) is 0 Å². The van der Waals surface area contributed by atoms with E-state index >= 15 is 0 Å². The highest BCUT2D eigenvalue weighted by Gasteiger charge is 2.55. The van der Waals surface area contributed by atoms with Crippen molar-refractivity contribution in [1.82, 2.24) is 4.98 Å². The minimum absolute atomic E-state index is 0.0342. The van der Waals surface area contributed by atoms with E-state index in [0.717, 1.165) is 45.7 Å². The topological polar surface area (TPSA) is 41.0 Å². The fourth-order valence-electron chi connectivity index (χ4n) is 11.9. The molecule has 2 atom stereocenters. The highest BCUT2D eigenvalue weighted by molar-refractivity contribution is 6.15. The first-order chi connectivity index (χ1) is 32.0. The standard InChI is InChI=1S/C63H68N4O/c1-34-26-45(31-48(27-34)68-47-22-23-51-54(33-47)66(53-21-19-18-20-50(53)62(51,15)16)55-32-46(24-25-64-55)61(12,13)14)60-65-59-49-29-37(4)39(6)43(10)56(49)57-44(11)40(7)38(5)30-52(57)63(59,17)67(60)58-41(8)35(2)28-36(3)42(58)9/h18-33,59H,1-17H3/t59-,63+/m1/s1. The number of pyridine rings is 1. The van der Waals surface area contributed by atoms with Crippen molar-refractivity contribution in [1.29, 1.82) is 0 Å². The van der Waals surface area contributed by atoms with Gasteiger partial charge in [0.1, 0.15) is 29.2 Å². The van der Waals surface area contributed by atoms with Crippen molar-refractivity contribution in [3.05, 3.63) is 192 Å². The minimum atomic E-state index is -0.543. The molecule has 1 aromatic heterocycles. The summed E-state index contributed by atoms with van der Waals surface area (Å²) < 4.78 is 7.10. The van der Waals surface area contributed by atoms with Crippen LogP contribution in [0.25, 0.3) is 11.1 Å². The van der Waals surface area contributed by atoms with E-state index in [1.54, 1.807) is 0 Å². The Hall–Kier alpha value is -6.46. The maximum absolute atomic E-state index is 7.10. The van der Waals surface area contributed by atoms with Crippen molar-refractivity contribution < 1.29 is 4.74 Å². The molecule has 5 nitrogen and oxygen atoms in total. The fraction of sp³-hybridized carbons (Fsp3) is 0.333. The van der Waals surface area contributed by atoms with Gasteiger partial charge in [-0.05, 0) is 231 Å². The summed E-state index contributed by atoms with van der Waals surface area (Å²) in [5.74, 6) is 3.40. The largest absolute Gasteiger partial charge is 0.457 e. The molecule has 0 N–H and O–H groups in total. The molecule has 0 unspecified atom stereocenters. The summed E-state index contributed by atoms with van der Waals surface area (Å²) in [4.78, 5) is 16.0. The lowest BCUT2D eigenvalue weighted by molar-refractivity contribution is 0.420. The molecule has 0 spiro atoms. The summed E-state index contributed by atoms with van der Waals surface area (Å²) in [5.41, 5.74) is 27.0. The Kier molecular flexibility index (Phi) is 10.4. The molecule has 2 aliphatic heterocycles. The molecule has 0 bridgehead atoms. The van der Waals surface area contributed by atoms with E-state index in [4.69, 9.17) is 14.7 Å².